The molecular weight excluding hydrogens is 424 g/mol. The van der Waals surface area contributed by atoms with Gasteiger partial charge in [0.25, 0.3) is 5.56 Å². The lowest BCUT2D eigenvalue weighted by atomic mass is 10.1. The monoisotopic (exact) mass is 446 g/mol. The van der Waals surface area contributed by atoms with Crippen LogP contribution in [0.2, 0.25) is 0 Å². The van der Waals surface area contributed by atoms with E-state index in [1.54, 1.807) is 18.7 Å². The summed E-state index contributed by atoms with van der Waals surface area (Å²) in [5.74, 6) is 1.77. The van der Waals surface area contributed by atoms with E-state index in [-0.39, 0.29) is 24.8 Å². The Morgan fingerprint density at radius 1 is 1.18 bits per heavy atom. The highest BCUT2D eigenvalue weighted by Crippen LogP contribution is 2.32. The number of fused-ring (bicyclic) bond motifs is 2. The lowest BCUT2D eigenvalue weighted by Crippen LogP contribution is -2.32. The number of rotatable bonds is 6. The molecule has 9 heteroatoms. The van der Waals surface area contributed by atoms with Crippen LogP contribution >= 0.6 is 0 Å². The minimum Gasteiger partial charge on any atom is -0.497 e. The molecule has 4 aromatic rings. The zero-order valence-corrected chi connectivity index (χ0v) is 18.2. The predicted octanol–water partition coefficient (Wildman–Crippen LogP) is 2.46. The average molecular weight is 446 g/mol. The molecule has 1 amide bonds. The van der Waals surface area contributed by atoms with E-state index in [2.05, 4.69) is 10.3 Å². The normalized spacial score (nSPS) is 12.2. The first-order valence-electron chi connectivity index (χ1n) is 10.4. The number of benzene rings is 2. The van der Waals surface area contributed by atoms with E-state index in [0.29, 0.717) is 29.1 Å². The van der Waals surface area contributed by atoms with Crippen molar-refractivity contribution in [3.8, 4) is 28.4 Å². The summed E-state index contributed by atoms with van der Waals surface area (Å²) in [5.41, 5.74) is 3.31. The van der Waals surface area contributed by atoms with Gasteiger partial charge in [-0.1, -0.05) is 18.2 Å². The molecule has 2 aromatic heterocycles. The highest BCUT2D eigenvalue weighted by Gasteiger charge is 2.17. The highest BCUT2D eigenvalue weighted by molar-refractivity contribution is 5.92. The van der Waals surface area contributed by atoms with Crippen LogP contribution in [0.3, 0.4) is 0 Å². The Balaban J connectivity index is 1.35. The fourth-order valence-corrected chi connectivity index (χ4v) is 3.89. The SMILES string of the molecule is COc1cccc(-c2cn(C)c3c(=O)n(CC(=O)NCc4ccc5c(c4)OCO5)cnc23)c1. The van der Waals surface area contributed by atoms with Crippen LogP contribution in [0.1, 0.15) is 5.56 Å². The van der Waals surface area contributed by atoms with Gasteiger partial charge in [-0.05, 0) is 35.4 Å². The van der Waals surface area contributed by atoms with Crippen LogP contribution in [0.4, 0.5) is 0 Å². The Morgan fingerprint density at radius 3 is 2.88 bits per heavy atom. The molecule has 0 bridgehead atoms. The van der Waals surface area contributed by atoms with Crippen LogP contribution < -0.4 is 25.1 Å². The molecule has 0 fully saturated rings. The average Bonchev–Trinajstić information content (AvgIpc) is 3.43. The van der Waals surface area contributed by atoms with Crippen molar-refractivity contribution in [1.82, 2.24) is 19.4 Å². The first-order valence-corrected chi connectivity index (χ1v) is 10.4. The summed E-state index contributed by atoms with van der Waals surface area (Å²) < 4.78 is 19.0. The fourth-order valence-electron chi connectivity index (χ4n) is 3.89. The summed E-state index contributed by atoms with van der Waals surface area (Å²) in [6.45, 7) is 0.373. The number of methoxy groups -OCH3 is 1. The van der Waals surface area contributed by atoms with Crippen LogP contribution in [0.15, 0.2) is 59.8 Å². The number of hydrogen-bond donors (Lipinski definition) is 1. The molecule has 0 spiro atoms. The molecule has 0 aliphatic carbocycles. The number of aryl methyl sites for hydroxylation is 1. The van der Waals surface area contributed by atoms with Crippen molar-refractivity contribution < 1.29 is 19.0 Å². The third-order valence-electron chi connectivity index (χ3n) is 5.57. The molecule has 2 aromatic carbocycles. The first kappa shape index (κ1) is 20.6. The van der Waals surface area contributed by atoms with Gasteiger partial charge in [-0.25, -0.2) is 4.98 Å². The van der Waals surface area contributed by atoms with Crippen LogP contribution in [0.25, 0.3) is 22.2 Å². The fraction of sp³-hybridized carbons (Fsp3) is 0.208. The van der Waals surface area contributed by atoms with Crippen LogP contribution in [-0.4, -0.2) is 33.9 Å². The Labute approximate surface area is 189 Å². The minimum absolute atomic E-state index is 0.133. The zero-order chi connectivity index (χ0) is 22.9. The van der Waals surface area contributed by atoms with Crippen molar-refractivity contribution in [3.05, 3.63) is 70.9 Å². The largest absolute Gasteiger partial charge is 0.497 e. The quantitative estimate of drug-likeness (QED) is 0.489. The maximum Gasteiger partial charge on any atom is 0.278 e. The van der Waals surface area contributed by atoms with Crippen molar-refractivity contribution in [2.45, 2.75) is 13.1 Å². The van der Waals surface area contributed by atoms with Gasteiger partial charge in [0.05, 0.1) is 13.4 Å². The van der Waals surface area contributed by atoms with E-state index >= 15 is 0 Å². The highest BCUT2D eigenvalue weighted by atomic mass is 16.7. The van der Waals surface area contributed by atoms with Crippen LogP contribution in [0, 0.1) is 0 Å². The van der Waals surface area contributed by atoms with Gasteiger partial charge in [-0.15, -0.1) is 0 Å². The number of carbonyl (C=O) groups is 1. The van der Waals surface area contributed by atoms with E-state index in [4.69, 9.17) is 14.2 Å². The summed E-state index contributed by atoms with van der Waals surface area (Å²) in [6, 6.07) is 13.1. The second-order valence-corrected chi connectivity index (χ2v) is 7.72. The van der Waals surface area contributed by atoms with Crippen LogP contribution in [-0.2, 0) is 24.9 Å². The Hall–Kier alpha value is -4.27. The van der Waals surface area contributed by atoms with E-state index < -0.39 is 0 Å². The number of hydrogen-bond acceptors (Lipinski definition) is 6. The zero-order valence-electron chi connectivity index (χ0n) is 18.2. The molecular formula is C24H22N4O5. The molecule has 9 nitrogen and oxygen atoms in total. The summed E-state index contributed by atoms with van der Waals surface area (Å²) in [4.78, 5) is 30.1. The molecule has 0 unspecified atom stereocenters. The van der Waals surface area contributed by atoms with Crippen molar-refractivity contribution >= 4 is 16.9 Å². The number of amides is 1. The lowest BCUT2D eigenvalue weighted by molar-refractivity contribution is -0.121. The van der Waals surface area contributed by atoms with Gasteiger partial charge in [-0.2, -0.15) is 0 Å². The van der Waals surface area contributed by atoms with Crippen molar-refractivity contribution in [1.29, 1.82) is 0 Å². The summed E-state index contributed by atoms with van der Waals surface area (Å²) >= 11 is 0. The molecule has 0 radical (unpaired) electrons. The molecule has 0 saturated heterocycles. The molecule has 33 heavy (non-hydrogen) atoms. The smallest absolute Gasteiger partial charge is 0.278 e. The molecule has 168 valence electrons. The predicted molar refractivity (Wildman–Crippen MR) is 121 cm³/mol. The van der Waals surface area contributed by atoms with Gasteiger partial charge in [0.15, 0.2) is 11.5 Å². The number of nitrogens with one attached hydrogen (secondary N) is 1. The standard InChI is InChI=1S/C24H22N4O5/c1-27-11-18(16-4-3-5-17(9-16)31-2)22-23(27)24(30)28(13-26-22)12-21(29)25-10-15-6-7-19-20(8-15)33-14-32-19/h3-9,11,13H,10,12,14H2,1-2H3,(H,25,29). The summed E-state index contributed by atoms with van der Waals surface area (Å²) in [6.07, 6.45) is 3.27. The molecule has 0 saturated carbocycles. The maximum absolute atomic E-state index is 13.1. The van der Waals surface area contributed by atoms with Gasteiger partial charge in [0, 0.05) is 25.4 Å². The van der Waals surface area contributed by atoms with Gasteiger partial charge >= 0.3 is 0 Å². The second kappa shape index (κ2) is 8.34. The third-order valence-corrected chi connectivity index (χ3v) is 5.57. The van der Waals surface area contributed by atoms with Crippen molar-refractivity contribution in [2.24, 2.45) is 7.05 Å². The Kier molecular flexibility index (Phi) is 5.21. The molecule has 5 rings (SSSR count). The van der Waals surface area contributed by atoms with Gasteiger partial charge in [-0.3, -0.25) is 14.2 Å². The summed E-state index contributed by atoms with van der Waals surface area (Å²) in [5, 5.41) is 2.83. The molecule has 1 aliphatic rings. The number of carbonyl (C=O) groups excluding carboxylic acids is 1. The van der Waals surface area contributed by atoms with Crippen LogP contribution in [0.5, 0.6) is 17.2 Å². The number of ether oxygens (including phenoxy) is 3. The second-order valence-electron chi connectivity index (χ2n) is 7.72. The molecule has 0 atom stereocenters. The first-order chi connectivity index (χ1) is 16.0. The Morgan fingerprint density at radius 2 is 2.03 bits per heavy atom. The van der Waals surface area contributed by atoms with E-state index in [1.807, 2.05) is 48.7 Å². The number of nitrogens with zero attached hydrogens (tertiary/aromatic N) is 3. The van der Waals surface area contributed by atoms with Crippen molar-refractivity contribution in [2.75, 3.05) is 13.9 Å². The third kappa shape index (κ3) is 3.89. The molecule has 1 N–H and O–H groups in total. The van der Waals surface area contributed by atoms with E-state index in [9.17, 15) is 9.59 Å². The molecule has 1 aliphatic heterocycles. The van der Waals surface area contributed by atoms with Gasteiger partial charge in [0.1, 0.15) is 23.3 Å². The lowest BCUT2D eigenvalue weighted by Gasteiger charge is -2.09. The van der Waals surface area contributed by atoms with Gasteiger partial charge in [0.2, 0.25) is 12.7 Å². The maximum atomic E-state index is 13.1. The van der Waals surface area contributed by atoms with Gasteiger partial charge < -0.3 is 24.1 Å². The molecule has 3 heterocycles. The van der Waals surface area contributed by atoms with E-state index in [1.165, 1.54) is 10.9 Å². The number of aromatic nitrogens is 3. The van der Waals surface area contributed by atoms with Crippen molar-refractivity contribution in [3.63, 3.8) is 0 Å². The Bertz CT molecular complexity index is 1420. The summed E-state index contributed by atoms with van der Waals surface area (Å²) in [7, 11) is 3.40. The topological polar surface area (TPSA) is 96.6 Å². The van der Waals surface area contributed by atoms with E-state index in [0.717, 1.165) is 22.4 Å². The minimum atomic E-state index is -0.293.